The third-order valence-electron chi connectivity index (χ3n) is 2.42. The van der Waals surface area contributed by atoms with Crippen LogP contribution >= 0.6 is 0 Å². The van der Waals surface area contributed by atoms with Crippen LogP contribution in [-0.2, 0) is 4.74 Å². The van der Waals surface area contributed by atoms with Crippen LogP contribution in [0.15, 0.2) is 18.2 Å². The summed E-state index contributed by atoms with van der Waals surface area (Å²) in [5.74, 6) is 0. The molecule has 0 bridgehead atoms. The molecule has 1 rings (SSSR count). The van der Waals surface area contributed by atoms with Gasteiger partial charge in [-0.15, -0.1) is 0 Å². The Morgan fingerprint density at radius 3 is 2.46 bits per heavy atom. The van der Waals surface area contributed by atoms with E-state index < -0.39 is 0 Å². The zero-order valence-electron chi connectivity index (χ0n) is 8.92. The molecule has 1 atom stereocenters. The third kappa shape index (κ3) is 2.56. The van der Waals surface area contributed by atoms with Crippen LogP contribution in [0, 0.1) is 13.8 Å². The average molecular weight is 178 g/mol. The highest BCUT2D eigenvalue weighted by Crippen LogP contribution is 2.19. The predicted octanol–water partition coefficient (Wildman–Crippen LogP) is 3.40. The molecular weight excluding hydrogens is 160 g/mol. The summed E-state index contributed by atoms with van der Waals surface area (Å²) in [7, 11) is 0. The van der Waals surface area contributed by atoms with Crippen molar-refractivity contribution in [3.63, 3.8) is 0 Å². The lowest BCUT2D eigenvalue weighted by molar-refractivity contribution is 0.0763. The van der Waals surface area contributed by atoms with Gasteiger partial charge in [0.2, 0.25) is 0 Å². The fraction of sp³-hybridized carbons (Fsp3) is 0.500. The van der Waals surface area contributed by atoms with E-state index in [4.69, 9.17) is 4.74 Å². The van der Waals surface area contributed by atoms with E-state index in [9.17, 15) is 0 Å². The summed E-state index contributed by atoms with van der Waals surface area (Å²) in [4.78, 5) is 0. The number of hydrogen-bond donors (Lipinski definition) is 0. The van der Waals surface area contributed by atoms with Crippen LogP contribution in [0.3, 0.4) is 0 Å². The molecule has 0 amide bonds. The number of hydrogen-bond acceptors (Lipinski definition) is 1. The maximum atomic E-state index is 5.52. The smallest absolute Gasteiger partial charge is 0.0796 e. The molecule has 0 aliphatic carbocycles. The molecule has 0 heterocycles. The topological polar surface area (TPSA) is 9.23 Å². The average Bonchev–Trinajstić information content (AvgIpc) is 2.10. The maximum Gasteiger partial charge on any atom is 0.0796 e. The molecule has 1 heteroatoms. The number of rotatable bonds is 3. The molecule has 13 heavy (non-hydrogen) atoms. The summed E-state index contributed by atoms with van der Waals surface area (Å²) in [6.45, 7) is 9.15. The van der Waals surface area contributed by atoms with E-state index in [1.54, 1.807) is 0 Å². The van der Waals surface area contributed by atoms with Crippen LogP contribution in [0.1, 0.15) is 36.6 Å². The lowest BCUT2D eigenvalue weighted by Crippen LogP contribution is -1.99. The molecular formula is C12H18O. The number of aryl methyl sites for hydroxylation is 2. The van der Waals surface area contributed by atoms with Crippen molar-refractivity contribution in [2.75, 3.05) is 6.61 Å². The summed E-state index contributed by atoms with van der Waals surface area (Å²) < 4.78 is 5.52. The van der Waals surface area contributed by atoms with E-state index in [2.05, 4.69) is 39.0 Å². The Bertz CT molecular complexity index is 278. The highest BCUT2D eigenvalue weighted by molar-refractivity contribution is 5.30. The Labute approximate surface area is 80.7 Å². The van der Waals surface area contributed by atoms with Crippen LogP contribution < -0.4 is 0 Å². The molecule has 0 saturated carbocycles. The van der Waals surface area contributed by atoms with Gasteiger partial charge in [-0.2, -0.15) is 0 Å². The Kier molecular flexibility index (Phi) is 3.49. The Morgan fingerprint density at radius 1 is 1.23 bits per heavy atom. The van der Waals surface area contributed by atoms with Gasteiger partial charge in [-0.1, -0.05) is 18.2 Å². The Balaban J connectivity index is 2.84. The molecule has 1 aromatic rings. The van der Waals surface area contributed by atoms with Crippen molar-refractivity contribution < 1.29 is 4.74 Å². The second-order valence-electron chi connectivity index (χ2n) is 3.44. The minimum atomic E-state index is 0.212. The highest BCUT2D eigenvalue weighted by atomic mass is 16.5. The SMILES string of the molecule is CCOC(C)c1ccc(C)c(C)c1. The molecule has 0 spiro atoms. The predicted molar refractivity (Wildman–Crippen MR) is 56.0 cm³/mol. The Hall–Kier alpha value is -0.820. The quantitative estimate of drug-likeness (QED) is 0.689. The van der Waals surface area contributed by atoms with E-state index in [0.29, 0.717) is 0 Å². The minimum absolute atomic E-state index is 0.212. The van der Waals surface area contributed by atoms with Crippen molar-refractivity contribution in [1.29, 1.82) is 0 Å². The van der Waals surface area contributed by atoms with Gasteiger partial charge in [0.25, 0.3) is 0 Å². The monoisotopic (exact) mass is 178 g/mol. The molecule has 0 aliphatic heterocycles. The molecule has 1 aromatic carbocycles. The first-order valence-corrected chi connectivity index (χ1v) is 4.84. The summed E-state index contributed by atoms with van der Waals surface area (Å²) in [5.41, 5.74) is 3.95. The van der Waals surface area contributed by atoms with Gasteiger partial charge in [0.1, 0.15) is 0 Å². The molecule has 72 valence electrons. The second kappa shape index (κ2) is 4.43. The van der Waals surface area contributed by atoms with Gasteiger partial charge in [0, 0.05) is 6.61 Å². The van der Waals surface area contributed by atoms with E-state index in [0.717, 1.165) is 6.61 Å². The van der Waals surface area contributed by atoms with Crippen molar-refractivity contribution in [1.82, 2.24) is 0 Å². The third-order valence-corrected chi connectivity index (χ3v) is 2.42. The molecule has 0 aliphatic rings. The van der Waals surface area contributed by atoms with Gasteiger partial charge in [0.15, 0.2) is 0 Å². The zero-order valence-corrected chi connectivity index (χ0v) is 8.92. The highest BCUT2D eigenvalue weighted by Gasteiger charge is 2.04. The first-order valence-electron chi connectivity index (χ1n) is 4.84. The van der Waals surface area contributed by atoms with E-state index in [1.807, 2.05) is 6.92 Å². The van der Waals surface area contributed by atoms with E-state index in [-0.39, 0.29) is 6.10 Å². The molecule has 0 radical (unpaired) electrons. The van der Waals surface area contributed by atoms with Gasteiger partial charge in [0.05, 0.1) is 6.10 Å². The molecule has 0 aromatic heterocycles. The summed E-state index contributed by atoms with van der Waals surface area (Å²) in [5, 5.41) is 0. The van der Waals surface area contributed by atoms with Crippen molar-refractivity contribution in [2.24, 2.45) is 0 Å². The first kappa shape index (κ1) is 10.3. The standard InChI is InChI=1S/C12H18O/c1-5-13-11(4)12-7-6-9(2)10(3)8-12/h6-8,11H,5H2,1-4H3. The molecule has 0 fully saturated rings. The van der Waals surface area contributed by atoms with Crippen molar-refractivity contribution in [3.8, 4) is 0 Å². The maximum absolute atomic E-state index is 5.52. The van der Waals surface area contributed by atoms with Crippen molar-refractivity contribution in [3.05, 3.63) is 34.9 Å². The van der Waals surface area contributed by atoms with Crippen LogP contribution in [-0.4, -0.2) is 6.61 Å². The summed E-state index contributed by atoms with van der Waals surface area (Å²) >= 11 is 0. The van der Waals surface area contributed by atoms with Crippen molar-refractivity contribution >= 4 is 0 Å². The fourth-order valence-electron chi connectivity index (χ4n) is 1.36. The fourth-order valence-corrected chi connectivity index (χ4v) is 1.36. The minimum Gasteiger partial charge on any atom is -0.374 e. The zero-order chi connectivity index (χ0) is 9.84. The lowest BCUT2D eigenvalue weighted by Gasteiger charge is -2.13. The Morgan fingerprint density at radius 2 is 1.92 bits per heavy atom. The second-order valence-corrected chi connectivity index (χ2v) is 3.44. The molecule has 0 N–H and O–H groups in total. The molecule has 1 nitrogen and oxygen atoms in total. The van der Waals surface area contributed by atoms with Crippen LogP contribution in [0.4, 0.5) is 0 Å². The van der Waals surface area contributed by atoms with Gasteiger partial charge < -0.3 is 4.74 Å². The first-order chi connectivity index (χ1) is 6.15. The molecule has 1 unspecified atom stereocenters. The largest absolute Gasteiger partial charge is 0.374 e. The number of benzene rings is 1. The van der Waals surface area contributed by atoms with E-state index >= 15 is 0 Å². The normalized spacial score (nSPS) is 12.9. The van der Waals surface area contributed by atoms with Gasteiger partial charge in [-0.05, 0) is 44.4 Å². The van der Waals surface area contributed by atoms with Crippen LogP contribution in [0.5, 0.6) is 0 Å². The number of ether oxygens (including phenoxy) is 1. The van der Waals surface area contributed by atoms with Crippen LogP contribution in [0.25, 0.3) is 0 Å². The molecule has 0 saturated heterocycles. The summed E-state index contributed by atoms with van der Waals surface area (Å²) in [6, 6.07) is 6.50. The van der Waals surface area contributed by atoms with Crippen molar-refractivity contribution in [2.45, 2.75) is 33.8 Å². The van der Waals surface area contributed by atoms with Gasteiger partial charge in [-0.3, -0.25) is 0 Å². The lowest BCUT2D eigenvalue weighted by atomic mass is 10.0. The van der Waals surface area contributed by atoms with Crippen LogP contribution in [0.2, 0.25) is 0 Å². The van der Waals surface area contributed by atoms with E-state index in [1.165, 1.54) is 16.7 Å². The van der Waals surface area contributed by atoms with Gasteiger partial charge in [-0.25, -0.2) is 0 Å². The van der Waals surface area contributed by atoms with Gasteiger partial charge >= 0.3 is 0 Å². The summed E-state index contributed by atoms with van der Waals surface area (Å²) in [6.07, 6.45) is 0.212.